The smallest absolute Gasteiger partial charge is 0.453 e. The third-order valence-corrected chi connectivity index (χ3v) is 5.00. The Hall–Kier alpha value is -3.00. The highest BCUT2D eigenvalue weighted by Gasteiger charge is 2.48. The van der Waals surface area contributed by atoms with Gasteiger partial charge in [-0.25, -0.2) is 24.3 Å². The zero-order chi connectivity index (χ0) is 22.2. The minimum atomic E-state index is -4.85. The fraction of sp³-hybridized carbons (Fsp3) is 0.312. The molecule has 164 valence electrons. The van der Waals surface area contributed by atoms with Crippen molar-refractivity contribution in [3.8, 4) is 0 Å². The standard InChI is InChI=1S/C16H17N6O8P/c17-13-10-14(20-6-19-13)22(7-21-10)15-11(23)12(9(29-15)5-28-31(25,26)27)30-16(24)8-2-1-3-18-4-8/h1-4,6-7,9,11-12,15,23H,5H2,(H2,17,19,20)(H2,25,26,27)/t9-,11-,12-,15-/m1/s1. The number of rotatable bonds is 6. The molecule has 5 N–H and O–H groups in total. The third kappa shape index (κ3) is 4.39. The minimum absolute atomic E-state index is 0.108. The highest BCUT2D eigenvalue weighted by molar-refractivity contribution is 7.46. The molecule has 15 heteroatoms. The molecule has 1 saturated heterocycles. The van der Waals surface area contributed by atoms with Gasteiger partial charge in [-0.3, -0.25) is 14.1 Å². The maximum atomic E-state index is 12.5. The number of phosphoric ester groups is 1. The lowest BCUT2D eigenvalue weighted by molar-refractivity contribution is -0.0521. The Bertz CT molecular complexity index is 1140. The van der Waals surface area contributed by atoms with Gasteiger partial charge >= 0.3 is 13.8 Å². The van der Waals surface area contributed by atoms with Crippen LogP contribution in [-0.4, -0.2) is 70.3 Å². The second-order valence-corrected chi connectivity index (χ2v) is 7.78. The number of carbonyl (C=O) groups excluding carboxylic acids is 1. The number of nitrogen functional groups attached to an aromatic ring is 1. The summed E-state index contributed by atoms with van der Waals surface area (Å²) in [6, 6.07) is 2.98. The van der Waals surface area contributed by atoms with Crippen molar-refractivity contribution in [2.75, 3.05) is 12.3 Å². The predicted octanol–water partition coefficient (Wildman–Crippen LogP) is -0.603. The summed E-state index contributed by atoms with van der Waals surface area (Å²) in [5.41, 5.74) is 6.39. The van der Waals surface area contributed by atoms with Gasteiger partial charge in [-0.05, 0) is 12.1 Å². The fourth-order valence-corrected chi connectivity index (χ4v) is 3.47. The largest absolute Gasteiger partial charge is 0.469 e. The van der Waals surface area contributed by atoms with Gasteiger partial charge in [0, 0.05) is 12.4 Å². The van der Waals surface area contributed by atoms with Crippen LogP contribution in [-0.2, 0) is 18.6 Å². The van der Waals surface area contributed by atoms with Crippen molar-refractivity contribution >= 4 is 30.8 Å². The number of nitrogens with two attached hydrogens (primary N) is 1. The van der Waals surface area contributed by atoms with Crippen LogP contribution in [0, 0.1) is 0 Å². The first-order chi connectivity index (χ1) is 14.7. The molecule has 0 saturated carbocycles. The maximum Gasteiger partial charge on any atom is 0.469 e. The van der Waals surface area contributed by atoms with Crippen molar-refractivity contribution in [1.82, 2.24) is 24.5 Å². The lowest BCUT2D eigenvalue weighted by Crippen LogP contribution is -2.38. The first kappa shape index (κ1) is 21.2. The first-order valence-electron chi connectivity index (χ1n) is 8.82. The number of aromatic nitrogens is 5. The van der Waals surface area contributed by atoms with E-state index in [0.29, 0.717) is 0 Å². The van der Waals surface area contributed by atoms with Gasteiger partial charge in [0.1, 0.15) is 24.1 Å². The number of esters is 1. The van der Waals surface area contributed by atoms with Gasteiger partial charge in [0.15, 0.2) is 23.8 Å². The van der Waals surface area contributed by atoms with E-state index in [-0.39, 0.29) is 22.5 Å². The zero-order valence-corrected chi connectivity index (χ0v) is 16.5. The number of aliphatic hydroxyl groups excluding tert-OH is 1. The molecule has 4 rings (SSSR count). The summed E-state index contributed by atoms with van der Waals surface area (Å²) >= 11 is 0. The third-order valence-electron chi connectivity index (χ3n) is 4.52. The molecule has 0 radical (unpaired) electrons. The van der Waals surface area contributed by atoms with E-state index in [1.54, 1.807) is 0 Å². The second kappa shape index (κ2) is 8.26. The number of fused-ring (bicyclic) bond motifs is 1. The number of anilines is 1. The van der Waals surface area contributed by atoms with E-state index in [4.69, 9.17) is 25.0 Å². The number of nitrogens with zero attached hydrogens (tertiary/aromatic N) is 5. The average molecular weight is 452 g/mol. The van der Waals surface area contributed by atoms with E-state index in [9.17, 15) is 14.5 Å². The molecule has 0 unspecified atom stereocenters. The lowest BCUT2D eigenvalue weighted by Gasteiger charge is -2.20. The number of ether oxygens (including phenoxy) is 2. The van der Waals surface area contributed by atoms with E-state index in [0.717, 1.165) is 0 Å². The molecule has 1 aliphatic heterocycles. The highest BCUT2D eigenvalue weighted by atomic mass is 31.2. The van der Waals surface area contributed by atoms with Crippen LogP contribution in [0.15, 0.2) is 37.2 Å². The molecular formula is C16H17N6O8P. The number of phosphoric acid groups is 1. The van der Waals surface area contributed by atoms with Crippen molar-refractivity contribution in [1.29, 1.82) is 0 Å². The van der Waals surface area contributed by atoms with Crippen molar-refractivity contribution in [3.05, 3.63) is 42.7 Å². The van der Waals surface area contributed by atoms with Gasteiger partial charge in [0.25, 0.3) is 0 Å². The van der Waals surface area contributed by atoms with Gasteiger partial charge in [-0.2, -0.15) is 0 Å². The van der Waals surface area contributed by atoms with Crippen LogP contribution in [0.4, 0.5) is 5.82 Å². The van der Waals surface area contributed by atoms with Crippen LogP contribution in [0.25, 0.3) is 11.2 Å². The lowest BCUT2D eigenvalue weighted by atomic mass is 10.1. The molecule has 0 spiro atoms. The van der Waals surface area contributed by atoms with E-state index >= 15 is 0 Å². The van der Waals surface area contributed by atoms with Crippen LogP contribution in [0.2, 0.25) is 0 Å². The molecule has 1 fully saturated rings. The number of carbonyl (C=O) groups is 1. The van der Waals surface area contributed by atoms with Crippen LogP contribution >= 0.6 is 7.82 Å². The van der Waals surface area contributed by atoms with Crippen molar-refractivity contribution in [2.45, 2.75) is 24.5 Å². The SMILES string of the molecule is Nc1ncnc2c1ncn2[C@@H]1O[C@H](COP(=O)(O)O)[C@@H](OC(=O)c2cccnc2)[C@H]1O. The van der Waals surface area contributed by atoms with E-state index in [1.165, 1.54) is 41.7 Å². The summed E-state index contributed by atoms with van der Waals surface area (Å²) in [7, 11) is -4.85. The Morgan fingerprint density at radius 3 is 2.84 bits per heavy atom. The van der Waals surface area contributed by atoms with E-state index in [1.807, 2.05) is 0 Å². The van der Waals surface area contributed by atoms with Crippen molar-refractivity contribution < 1.29 is 38.3 Å². The Morgan fingerprint density at radius 2 is 2.13 bits per heavy atom. The van der Waals surface area contributed by atoms with Crippen LogP contribution in [0.1, 0.15) is 16.6 Å². The number of hydrogen-bond acceptors (Lipinski definition) is 11. The Morgan fingerprint density at radius 1 is 1.32 bits per heavy atom. The first-order valence-corrected chi connectivity index (χ1v) is 10.4. The summed E-state index contributed by atoms with van der Waals surface area (Å²) in [6.45, 7) is -0.660. The Balaban J connectivity index is 1.63. The molecule has 1 aliphatic rings. The molecule has 3 aromatic rings. The van der Waals surface area contributed by atoms with Crippen LogP contribution in [0.3, 0.4) is 0 Å². The predicted molar refractivity (Wildman–Crippen MR) is 101 cm³/mol. The molecule has 4 heterocycles. The summed E-state index contributed by atoms with van der Waals surface area (Å²) in [6.07, 6.45) is 0.0594. The number of imidazole rings is 1. The molecule has 4 atom stereocenters. The van der Waals surface area contributed by atoms with Gasteiger partial charge in [0.2, 0.25) is 0 Å². The molecule has 3 aromatic heterocycles. The fourth-order valence-electron chi connectivity index (χ4n) is 3.13. The van der Waals surface area contributed by atoms with Crippen LogP contribution < -0.4 is 5.73 Å². The maximum absolute atomic E-state index is 12.5. The highest BCUT2D eigenvalue weighted by Crippen LogP contribution is 2.39. The van der Waals surface area contributed by atoms with Crippen molar-refractivity contribution in [2.24, 2.45) is 0 Å². The van der Waals surface area contributed by atoms with Crippen LogP contribution in [0.5, 0.6) is 0 Å². The molecule has 0 amide bonds. The molecule has 0 aromatic carbocycles. The summed E-state index contributed by atoms with van der Waals surface area (Å²) in [5, 5.41) is 10.9. The van der Waals surface area contributed by atoms with Gasteiger partial charge < -0.3 is 30.1 Å². The molecule has 14 nitrogen and oxygen atoms in total. The summed E-state index contributed by atoms with van der Waals surface area (Å²) in [5.74, 6) is -0.707. The van der Waals surface area contributed by atoms with Crippen molar-refractivity contribution in [3.63, 3.8) is 0 Å². The summed E-state index contributed by atoms with van der Waals surface area (Å²) in [4.78, 5) is 46.3. The summed E-state index contributed by atoms with van der Waals surface area (Å²) < 4.78 is 28.1. The molecular weight excluding hydrogens is 435 g/mol. The van der Waals surface area contributed by atoms with E-state index < -0.39 is 44.9 Å². The van der Waals surface area contributed by atoms with Gasteiger partial charge in [0.05, 0.1) is 18.5 Å². The molecule has 31 heavy (non-hydrogen) atoms. The number of aliphatic hydroxyl groups is 1. The second-order valence-electron chi connectivity index (χ2n) is 6.54. The monoisotopic (exact) mass is 452 g/mol. The Labute approximate surface area is 173 Å². The van der Waals surface area contributed by atoms with Gasteiger partial charge in [-0.15, -0.1) is 0 Å². The number of hydrogen-bond donors (Lipinski definition) is 4. The average Bonchev–Trinajstić information content (AvgIpc) is 3.29. The topological polar surface area (TPSA) is 205 Å². The minimum Gasteiger partial charge on any atom is -0.453 e. The number of pyridine rings is 1. The normalized spacial score (nSPS) is 23.8. The molecule has 0 aliphatic carbocycles. The quantitative estimate of drug-likeness (QED) is 0.273. The molecule has 0 bridgehead atoms. The van der Waals surface area contributed by atoms with Gasteiger partial charge in [-0.1, -0.05) is 0 Å². The van der Waals surface area contributed by atoms with E-state index in [2.05, 4.69) is 24.5 Å². The zero-order valence-electron chi connectivity index (χ0n) is 15.6. The Kier molecular flexibility index (Phi) is 5.66.